The molecule has 0 bridgehead atoms. The van der Waals surface area contributed by atoms with Crippen molar-refractivity contribution in [3.8, 4) is 5.75 Å². The molecule has 0 atom stereocenters. The van der Waals surface area contributed by atoms with Gasteiger partial charge in [0.1, 0.15) is 5.75 Å². The van der Waals surface area contributed by atoms with Gasteiger partial charge in [-0.25, -0.2) is 0 Å². The van der Waals surface area contributed by atoms with E-state index in [1.54, 1.807) is 12.1 Å². The summed E-state index contributed by atoms with van der Waals surface area (Å²) >= 11 is 0. The average Bonchev–Trinajstić information content (AvgIpc) is 1.91. The van der Waals surface area contributed by atoms with Crippen LogP contribution in [0.2, 0.25) is 0 Å². The fourth-order valence-electron chi connectivity index (χ4n) is 0.715. The Morgan fingerprint density at radius 1 is 1.23 bits per heavy atom. The third kappa shape index (κ3) is 5.06. The summed E-state index contributed by atoms with van der Waals surface area (Å²) in [5, 5.41) is 0. The van der Waals surface area contributed by atoms with Crippen LogP contribution in [0, 0.1) is 6.92 Å². The Kier molecular flexibility index (Phi) is 4.65. The molecule has 6 heteroatoms. The molecule has 0 amide bonds. The molecule has 0 spiro atoms. The molecule has 13 heavy (non-hydrogen) atoms. The van der Waals surface area contributed by atoms with Gasteiger partial charge in [0.05, 0.1) is 0 Å². The summed E-state index contributed by atoms with van der Waals surface area (Å²) in [6.07, 6.45) is 0. The molecule has 0 heterocycles. The van der Waals surface area contributed by atoms with Gasteiger partial charge < -0.3 is 4.18 Å². The average molecular weight is 316 g/mol. The van der Waals surface area contributed by atoms with Crippen LogP contribution < -0.4 is 4.18 Å². The van der Waals surface area contributed by atoms with E-state index < -0.39 is 10.4 Å². The summed E-state index contributed by atoms with van der Waals surface area (Å²) in [4.78, 5) is 0. The number of halogens is 1. The first-order chi connectivity index (χ1) is 5.47. The minimum Gasteiger partial charge on any atom is -0.362 e. The second-order valence-electron chi connectivity index (χ2n) is 2.32. The van der Waals surface area contributed by atoms with Gasteiger partial charge in [0.25, 0.3) is 0 Å². The van der Waals surface area contributed by atoms with Crippen LogP contribution in [0.15, 0.2) is 24.3 Å². The Morgan fingerprint density at radius 3 is 2.08 bits per heavy atom. The molecule has 74 valence electrons. The Labute approximate surface area is 93.9 Å². The summed E-state index contributed by atoms with van der Waals surface area (Å²) in [7, 11) is -4.39. The van der Waals surface area contributed by atoms with Crippen molar-refractivity contribution in [2.75, 3.05) is 0 Å². The van der Waals surface area contributed by atoms with E-state index in [2.05, 4.69) is 4.18 Å². The molecule has 1 aromatic carbocycles. The largest absolute Gasteiger partial charge is 0.446 e. The van der Waals surface area contributed by atoms with Crippen molar-refractivity contribution in [2.45, 2.75) is 6.92 Å². The van der Waals surface area contributed by atoms with E-state index >= 15 is 0 Å². The first-order valence-electron chi connectivity index (χ1n) is 3.21. The number of hydrogen-bond acceptors (Lipinski definition) is 3. The summed E-state index contributed by atoms with van der Waals surface area (Å²) in [6, 6.07) is 6.28. The van der Waals surface area contributed by atoms with Crippen molar-refractivity contribution in [2.24, 2.45) is 0 Å². The lowest BCUT2D eigenvalue weighted by molar-refractivity contribution is 0.387. The van der Waals surface area contributed by atoms with Gasteiger partial charge in [0, 0.05) is 0 Å². The molecule has 0 radical (unpaired) electrons. The van der Waals surface area contributed by atoms with Crippen molar-refractivity contribution >= 4 is 34.4 Å². The number of aryl methyl sites for hydroxylation is 1. The third-order valence-electron chi connectivity index (χ3n) is 1.22. The fourth-order valence-corrected chi connectivity index (χ4v) is 1.07. The maximum Gasteiger partial charge on any atom is 0.446 e. The van der Waals surface area contributed by atoms with Crippen molar-refractivity contribution in [1.29, 1.82) is 0 Å². The van der Waals surface area contributed by atoms with Crippen LogP contribution in [0.1, 0.15) is 5.56 Å². The van der Waals surface area contributed by atoms with Crippen LogP contribution in [0.25, 0.3) is 0 Å². The SMILES string of the molecule is Cc1ccc(OS(=O)(=O)O)cc1.I. The fraction of sp³-hybridized carbons (Fsp3) is 0.143. The highest BCUT2D eigenvalue weighted by Crippen LogP contribution is 2.12. The van der Waals surface area contributed by atoms with E-state index in [1.807, 2.05) is 6.92 Å². The first kappa shape index (κ1) is 12.7. The molecular weight excluding hydrogens is 307 g/mol. The minimum atomic E-state index is -4.39. The highest BCUT2D eigenvalue weighted by Gasteiger charge is 2.05. The lowest BCUT2D eigenvalue weighted by Crippen LogP contribution is -2.06. The smallest absolute Gasteiger partial charge is 0.362 e. The third-order valence-corrected chi connectivity index (χ3v) is 1.63. The molecule has 0 unspecified atom stereocenters. The van der Waals surface area contributed by atoms with E-state index in [0.29, 0.717) is 0 Å². The molecule has 1 N–H and O–H groups in total. The van der Waals surface area contributed by atoms with Crippen LogP contribution in [-0.4, -0.2) is 13.0 Å². The monoisotopic (exact) mass is 316 g/mol. The molecule has 1 rings (SSSR count). The van der Waals surface area contributed by atoms with Gasteiger partial charge in [-0.15, -0.1) is 24.0 Å². The molecule has 1 aromatic rings. The minimum absolute atomic E-state index is 0. The Balaban J connectivity index is 0.00000144. The normalized spacial score (nSPS) is 10.3. The van der Waals surface area contributed by atoms with Crippen LogP contribution in [0.5, 0.6) is 5.75 Å². The molecule has 4 nitrogen and oxygen atoms in total. The summed E-state index contributed by atoms with van der Waals surface area (Å²) in [5.41, 5.74) is 0.984. The van der Waals surface area contributed by atoms with Crippen LogP contribution in [0.3, 0.4) is 0 Å². The topological polar surface area (TPSA) is 63.6 Å². The highest BCUT2D eigenvalue weighted by atomic mass is 127. The maximum atomic E-state index is 10.2. The van der Waals surface area contributed by atoms with E-state index in [9.17, 15) is 8.42 Å². The van der Waals surface area contributed by atoms with E-state index in [4.69, 9.17) is 4.55 Å². The molecule has 0 saturated heterocycles. The summed E-state index contributed by atoms with van der Waals surface area (Å²) < 4.78 is 32.9. The molecule has 0 saturated carbocycles. The standard InChI is InChI=1S/C7H8O4S.HI/c1-6-2-4-7(5-3-6)11-12(8,9)10;/h2-5H,1H3,(H,8,9,10);1H. The summed E-state index contributed by atoms with van der Waals surface area (Å²) in [5.74, 6) is 0.100. The van der Waals surface area contributed by atoms with Crippen molar-refractivity contribution < 1.29 is 17.2 Å². The van der Waals surface area contributed by atoms with Gasteiger partial charge in [-0.2, -0.15) is 8.42 Å². The Hall–Kier alpha value is -0.340. The van der Waals surface area contributed by atoms with Gasteiger partial charge in [0.15, 0.2) is 0 Å². The lowest BCUT2D eigenvalue weighted by Gasteiger charge is -2.00. The molecule has 0 aromatic heterocycles. The van der Waals surface area contributed by atoms with Gasteiger partial charge in [-0.3, -0.25) is 4.55 Å². The van der Waals surface area contributed by atoms with Gasteiger partial charge >= 0.3 is 10.4 Å². The number of benzene rings is 1. The summed E-state index contributed by atoms with van der Waals surface area (Å²) in [6.45, 7) is 1.86. The van der Waals surface area contributed by atoms with E-state index in [-0.39, 0.29) is 29.7 Å². The first-order valence-corrected chi connectivity index (χ1v) is 4.57. The molecule has 0 aliphatic rings. The Bertz CT molecular complexity index is 357. The van der Waals surface area contributed by atoms with Gasteiger partial charge in [0.2, 0.25) is 0 Å². The molecule has 0 aliphatic carbocycles. The second-order valence-corrected chi connectivity index (χ2v) is 3.35. The number of hydrogen-bond donors (Lipinski definition) is 1. The van der Waals surface area contributed by atoms with Crippen LogP contribution >= 0.6 is 24.0 Å². The zero-order valence-corrected chi connectivity index (χ0v) is 9.94. The van der Waals surface area contributed by atoms with Crippen molar-refractivity contribution in [3.63, 3.8) is 0 Å². The lowest BCUT2D eigenvalue weighted by atomic mass is 10.2. The van der Waals surface area contributed by atoms with Gasteiger partial charge in [-0.1, -0.05) is 17.7 Å². The van der Waals surface area contributed by atoms with Crippen molar-refractivity contribution in [3.05, 3.63) is 29.8 Å². The van der Waals surface area contributed by atoms with Crippen LogP contribution in [0.4, 0.5) is 0 Å². The zero-order valence-electron chi connectivity index (χ0n) is 6.80. The Morgan fingerprint density at radius 2 is 1.69 bits per heavy atom. The maximum absolute atomic E-state index is 10.2. The molecular formula is C7H9IO4S. The predicted octanol–water partition coefficient (Wildman–Crippen LogP) is 1.79. The predicted molar refractivity (Wildman–Crippen MR) is 58.8 cm³/mol. The molecule has 0 aliphatic heterocycles. The second kappa shape index (κ2) is 4.77. The quantitative estimate of drug-likeness (QED) is 0.667. The van der Waals surface area contributed by atoms with Gasteiger partial charge in [-0.05, 0) is 19.1 Å². The van der Waals surface area contributed by atoms with Crippen molar-refractivity contribution in [1.82, 2.24) is 0 Å². The van der Waals surface area contributed by atoms with Crippen LogP contribution in [-0.2, 0) is 10.4 Å². The molecule has 0 fully saturated rings. The highest BCUT2D eigenvalue weighted by molar-refractivity contribution is 14.0. The number of rotatable bonds is 2. The van der Waals surface area contributed by atoms with E-state index in [0.717, 1.165) is 5.56 Å². The van der Waals surface area contributed by atoms with E-state index in [1.165, 1.54) is 12.1 Å². The zero-order chi connectivity index (χ0) is 9.19.